The minimum Gasteiger partial charge on any atom is -0.355 e. The summed E-state index contributed by atoms with van der Waals surface area (Å²) in [5.74, 6) is 2.22. The van der Waals surface area contributed by atoms with Crippen LogP contribution in [0, 0.1) is 0 Å². The molecule has 1 aliphatic rings. The van der Waals surface area contributed by atoms with Gasteiger partial charge in [0.1, 0.15) is 0 Å². The summed E-state index contributed by atoms with van der Waals surface area (Å²) in [5, 5.41) is 3.62. The molecule has 1 aromatic carbocycles. The van der Waals surface area contributed by atoms with E-state index < -0.39 is 0 Å². The molecule has 1 N–H and O–H groups in total. The molecule has 104 valence electrons. The Bertz CT molecular complexity index is 424. The number of nitrogens with zero attached hydrogens (tertiary/aromatic N) is 1. The van der Waals surface area contributed by atoms with Crippen molar-refractivity contribution in [1.29, 1.82) is 0 Å². The van der Waals surface area contributed by atoms with Crippen molar-refractivity contribution in [3.63, 3.8) is 0 Å². The molecule has 1 atom stereocenters. The first-order valence-corrected chi connectivity index (χ1v) is 8.08. The van der Waals surface area contributed by atoms with Crippen molar-refractivity contribution in [2.24, 2.45) is 0 Å². The third kappa shape index (κ3) is 4.13. The van der Waals surface area contributed by atoms with Gasteiger partial charge in [0, 0.05) is 35.7 Å². The van der Waals surface area contributed by atoms with Gasteiger partial charge in [0.15, 0.2) is 0 Å². The lowest BCUT2D eigenvalue weighted by Crippen LogP contribution is -2.43. The molecule has 1 saturated heterocycles. The van der Waals surface area contributed by atoms with Crippen molar-refractivity contribution in [2.75, 3.05) is 31.1 Å². The molecule has 0 unspecified atom stereocenters. The summed E-state index contributed by atoms with van der Waals surface area (Å²) in [7, 11) is 0. The minimum atomic E-state index is 0.105. The highest BCUT2D eigenvalue weighted by Gasteiger charge is 2.25. The van der Waals surface area contributed by atoms with E-state index in [1.165, 1.54) is 5.56 Å². The largest absolute Gasteiger partial charge is 0.355 e. The van der Waals surface area contributed by atoms with Gasteiger partial charge in [-0.2, -0.15) is 11.8 Å². The number of amides is 1. The Labute approximate surface area is 123 Å². The standard InChI is InChI=1S/C14H19ClN2OS/c1-2-16-14(18)9-17-7-8-19-10-13(17)11-3-5-12(15)6-4-11/h3-6,13H,2,7-10H2,1H3,(H,16,18)/t13-/m1/s1. The molecule has 5 heteroatoms. The van der Waals surface area contributed by atoms with Gasteiger partial charge < -0.3 is 5.32 Å². The molecule has 2 rings (SSSR count). The van der Waals surface area contributed by atoms with Crippen LogP contribution in [0.2, 0.25) is 5.02 Å². The molecule has 0 spiro atoms. The van der Waals surface area contributed by atoms with Crippen LogP contribution in [0.1, 0.15) is 18.5 Å². The van der Waals surface area contributed by atoms with Crippen LogP contribution in [-0.2, 0) is 4.79 Å². The summed E-state index contributed by atoms with van der Waals surface area (Å²) in [5.41, 5.74) is 1.24. The molecule has 0 saturated carbocycles. The van der Waals surface area contributed by atoms with Crippen LogP contribution in [0.5, 0.6) is 0 Å². The van der Waals surface area contributed by atoms with Gasteiger partial charge >= 0.3 is 0 Å². The van der Waals surface area contributed by atoms with Crippen LogP contribution in [-0.4, -0.2) is 41.9 Å². The van der Waals surface area contributed by atoms with Crippen molar-refractivity contribution in [3.05, 3.63) is 34.9 Å². The number of carbonyl (C=O) groups is 1. The van der Waals surface area contributed by atoms with Crippen molar-refractivity contribution >= 4 is 29.3 Å². The number of carbonyl (C=O) groups excluding carboxylic acids is 1. The Morgan fingerprint density at radius 3 is 2.89 bits per heavy atom. The Kier molecular flexibility index (Phi) is 5.55. The zero-order chi connectivity index (χ0) is 13.7. The maximum atomic E-state index is 11.8. The van der Waals surface area contributed by atoms with Crippen LogP contribution in [0.4, 0.5) is 0 Å². The molecular weight excluding hydrogens is 280 g/mol. The molecular formula is C14H19ClN2OS. The van der Waals surface area contributed by atoms with Gasteiger partial charge in [0.2, 0.25) is 5.91 Å². The van der Waals surface area contributed by atoms with Crippen LogP contribution in [0.15, 0.2) is 24.3 Å². The summed E-state index contributed by atoms with van der Waals surface area (Å²) in [6.07, 6.45) is 0. The van der Waals surface area contributed by atoms with Gasteiger partial charge in [-0.1, -0.05) is 23.7 Å². The number of rotatable bonds is 4. The highest BCUT2D eigenvalue weighted by Crippen LogP contribution is 2.29. The van der Waals surface area contributed by atoms with E-state index in [4.69, 9.17) is 11.6 Å². The van der Waals surface area contributed by atoms with Gasteiger partial charge in [0.25, 0.3) is 0 Å². The van der Waals surface area contributed by atoms with Gasteiger partial charge in [-0.3, -0.25) is 9.69 Å². The highest BCUT2D eigenvalue weighted by molar-refractivity contribution is 7.99. The van der Waals surface area contributed by atoms with Crippen molar-refractivity contribution in [2.45, 2.75) is 13.0 Å². The molecule has 0 bridgehead atoms. The molecule has 1 amide bonds. The predicted octanol–water partition coefficient (Wildman–Crippen LogP) is 2.57. The fraction of sp³-hybridized carbons (Fsp3) is 0.500. The molecule has 1 heterocycles. The number of hydrogen-bond acceptors (Lipinski definition) is 3. The molecule has 3 nitrogen and oxygen atoms in total. The second-order valence-corrected chi connectivity index (χ2v) is 6.15. The topological polar surface area (TPSA) is 32.3 Å². The zero-order valence-electron chi connectivity index (χ0n) is 11.1. The van der Waals surface area contributed by atoms with Crippen molar-refractivity contribution in [1.82, 2.24) is 10.2 Å². The number of likely N-dealkylation sites (N-methyl/N-ethyl adjacent to an activating group) is 1. The first kappa shape index (κ1) is 14.7. The maximum absolute atomic E-state index is 11.8. The number of hydrogen-bond donors (Lipinski definition) is 1. The maximum Gasteiger partial charge on any atom is 0.234 e. The second kappa shape index (κ2) is 7.17. The van der Waals surface area contributed by atoms with Gasteiger partial charge in [-0.25, -0.2) is 0 Å². The van der Waals surface area contributed by atoms with Crippen molar-refractivity contribution < 1.29 is 4.79 Å². The number of halogens is 1. The fourth-order valence-electron chi connectivity index (χ4n) is 2.26. The van der Waals surface area contributed by atoms with Crippen LogP contribution in [0.3, 0.4) is 0 Å². The Balaban J connectivity index is 2.07. The Morgan fingerprint density at radius 1 is 1.47 bits per heavy atom. The SMILES string of the molecule is CCNC(=O)CN1CCSC[C@@H]1c1ccc(Cl)cc1. The molecule has 1 aliphatic heterocycles. The summed E-state index contributed by atoms with van der Waals surface area (Å²) >= 11 is 7.87. The van der Waals surface area contributed by atoms with E-state index in [2.05, 4.69) is 22.3 Å². The van der Waals surface area contributed by atoms with Crippen molar-refractivity contribution in [3.8, 4) is 0 Å². The highest BCUT2D eigenvalue weighted by atomic mass is 35.5. The third-order valence-electron chi connectivity index (χ3n) is 3.21. The summed E-state index contributed by atoms with van der Waals surface area (Å²) in [6, 6.07) is 8.26. The predicted molar refractivity (Wildman–Crippen MR) is 81.8 cm³/mol. The average molecular weight is 299 g/mol. The van der Waals surface area contributed by atoms with Crippen LogP contribution in [0.25, 0.3) is 0 Å². The van der Waals surface area contributed by atoms with E-state index in [0.29, 0.717) is 19.1 Å². The molecule has 19 heavy (non-hydrogen) atoms. The summed E-state index contributed by atoms with van der Waals surface area (Å²) in [6.45, 7) is 4.06. The van der Waals surface area contributed by atoms with Gasteiger partial charge in [-0.05, 0) is 24.6 Å². The second-order valence-electron chi connectivity index (χ2n) is 4.57. The monoisotopic (exact) mass is 298 g/mol. The lowest BCUT2D eigenvalue weighted by atomic mass is 10.1. The molecule has 1 aromatic rings. The fourth-order valence-corrected chi connectivity index (χ4v) is 3.54. The Hall–Kier alpha value is -0.710. The molecule has 0 aliphatic carbocycles. The van der Waals surface area contributed by atoms with Crippen LogP contribution >= 0.6 is 23.4 Å². The number of nitrogens with one attached hydrogen (secondary N) is 1. The smallest absolute Gasteiger partial charge is 0.234 e. The third-order valence-corrected chi connectivity index (χ3v) is 4.49. The Morgan fingerprint density at radius 2 is 2.21 bits per heavy atom. The number of thioether (sulfide) groups is 1. The first-order chi connectivity index (χ1) is 9.20. The van der Waals surface area contributed by atoms with E-state index in [1.807, 2.05) is 30.8 Å². The van der Waals surface area contributed by atoms with Crippen LogP contribution < -0.4 is 5.32 Å². The van der Waals surface area contributed by atoms with E-state index in [9.17, 15) is 4.79 Å². The molecule has 0 radical (unpaired) electrons. The van der Waals surface area contributed by atoms with E-state index in [-0.39, 0.29) is 5.91 Å². The van der Waals surface area contributed by atoms with E-state index in [0.717, 1.165) is 23.1 Å². The van der Waals surface area contributed by atoms with E-state index in [1.54, 1.807) is 0 Å². The minimum absolute atomic E-state index is 0.105. The van der Waals surface area contributed by atoms with Gasteiger partial charge in [-0.15, -0.1) is 0 Å². The first-order valence-electron chi connectivity index (χ1n) is 6.54. The molecule has 0 aromatic heterocycles. The lowest BCUT2D eigenvalue weighted by molar-refractivity contribution is -0.122. The lowest BCUT2D eigenvalue weighted by Gasteiger charge is -2.35. The summed E-state index contributed by atoms with van der Waals surface area (Å²) in [4.78, 5) is 14.0. The average Bonchev–Trinajstić information content (AvgIpc) is 2.41. The summed E-state index contributed by atoms with van der Waals surface area (Å²) < 4.78 is 0. The van der Waals surface area contributed by atoms with Gasteiger partial charge in [0.05, 0.1) is 6.54 Å². The molecule has 1 fully saturated rings. The van der Waals surface area contributed by atoms with E-state index >= 15 is 0 Å². The zero-order valence-corrected chi connectivity index (χ0v) is 12.6. The normalized spacial score (nSPS) is 20.2. The number of benzene rings is 1. The quantitative estimate of drug-likeness (QED) is 0.927.